The van der Waals surface area contributed by atoms with E-state index in [-0.39, 0.29) is 11.1 Å². The van der Waals surface area contributed by atoms with Gasteiger partial charge in [0, 0.05) is 22.1 Å². The van der Waals surface area contributed by atoms with Crippen LogP contribution in [0.5, 0.6) is 0 Å². The standard InChI is InChI=1S/C15H13Br2NO4/c16-6-9-12(14(19)20)11(8-4-2-1-3-5-8)13(15(21)22)10(7-17)18-9/h1-5,11,18H,6-7H2,(H,19,20)(H,21,22). The first-order valence-electron chi connectivity index (χ1n) is 6.37. The molecule has 116 valence electrons. The minimum Gasteiger partial charge on any atom is -0.478 e. The van der Waals surface area contributed by atoms with Crippen molar-refractivity contribution in [3.8, 4) is 0 Å². The van der Waals surface area contributed by atoms with Crippen molar-refractivity contribution in [2.75, 3.05) is 10.7 Å². The summed E-state index contributed by atoms with van der Waals surface area (Å²) in [5, 5.41) is 22.7. The molecular weight excluding hydrogens is 418 g/mol. The van der Waals surface area contributed by atoms with Crippen LogP contribution in [-0.2, 0) is 9.59 Å². The van der Waals surface area contributed by atoms with Gasteiger partial charge in [-0.2, -0.15) is 0 Å². The van der Waals surface area contributed by atoms with E-state index in [4.69, 9.17) is 0 Å². The highest BCUT2D eigenvalue weighted by Crippen LogP contribution is 2.38. The molecule has 0 spiro atoms. The Bertz CT molecular complexity index is 629. The first-order valence-corrected chi connectivity index (χ1v) is 8.62. The molecule has 0 bridgehead atoms. The molecule has 1 aromatic rings. The molecule has 0 unspecified atom stereocenters. The molecule has 22 heavy (non-hydrogen) atoms. The first-order chi connectivity index (χ1) is 10.5. The molecule has 0 fully saturated rings. The van der Waals surface area contributed by atoms with E-state index in [1.54, 1.807) is 30.3 Å². The van der Waals surface area contributed by atoms with Gasteiger partial charge in [0.1, 0.15) is 0 Å². The van der Waals surface area contributed by atoms with Crippen molar-refractivity contribution < 1.29 is 19.8 Å². The number of hydrogen-bond acceptors (Lipinski definition) is 3. The lowest BCUT2D eigenvalue weighted by atomic mass is 9.80. The van der Waals surface area contributed by atoms with E-state index in [9.17, 15) is 19.8 Å². The zero-order valence-electron chi connectivity index (χ0n) is 11.3. The SMILES string of the molecule is O=C(O)C1=C(CBr)NC(CBr)=C(C(=O)O)C1c1ccccc1. The second kappa shape index (κ2) is 7.11. The maximum atomic E-state index is 11.7. The third kappa shape index (κ3) is 3.10. The fraction of sp³-hybridized carbons (Fsp3) is 0.200. The highest BCUT2D eigenvalue weighted by molar-refractivity contribution is 9.09. The Morgan fingerprint density at radius 1 is 0.955 bits per heavy atom. The summed E-state index contributed by atoms with van der Waals surface area (Å²) in [4.78, 5) is 23.4. The molecule has 2 rings (SSSR count). The molecule has 0 radical (unpaired) electrons. The van der Waals surface area contributed by atoms with Crippen LogP contribution in [0.4, 0.5) is 0 Å². The van der Waals surface area contributed by atoms with Crippen LogP contribution in [0.1, 0.15) is 11.5 Å². The highest BCUT2D eigenvalue weighted by Gasteiger charge is 2.37. The number of carboxylic acids is 2. The van der Waals surface area contributed by atoms with Crippen LogP contribution >= 0.6 is 31.9 Å². The number of aliphatic carboxylic acids is 2. The number of halogens is 2. The smallest absolute Gasteiger partial charge is 0.334 e. The number of benzene rings is 1. The molecule has 0 atom stereocenters. The summed E-state index contributed by atoms with van der Waals surface area (Å²) < 4.78 is 0. The predicted molar refractivity (Wildman–Crippen MR) is 89.2 cm³/mol. The van der Waals surface area contributed by atoms with Crippen molar-refractivity contribution in [3.05, 3.63) is 58.4 Å². The van der Waals surface area contributed by atoms with Gasteiger partial charge in [0.25, 0.3) is 0 Å². The monoisotopic (exact) mass is 429 g/mol. The van der Waals surface area contributed by atoms with Gasteiger partial charge >= 0.3 is 11.9 Å². The van der Waals surface area contributed by atoms with Crippen LogP contribution in [0, 0.1) is 0 Å². The van der Waals surface area contributed by atoms with Gasteiger partial charge in [0.15, 0.2) is 0 Å². The third-order valence-electron chi connectivity index (χ3n) is 3.39. The molecule has 5 nitrogen and oxygen atoms in total. The summed E-state index contributed by atoms with van der Waals surface area (Å²) in [6, 6.07) is 8.80. The van der Waals surface area contributed by atoms with Gasteiger partial charge in [-0.15, -0.1) is 0 Å². The van der Waals surface area contributed by atoms with Crippen molar-refractivity contribution in [1.82, 2.24) is 5.32 Å². The number of carbonyl (C=O) groups is 2. The van der Waals surface area contributed by atoms with Gasteiger partial charge in [0.05, 0.1) is 17.1 Å². The second-order valence-corrected chi connectivity index (χ2v) is 5.75. The summed E-state index contributed by atoms with van der Waals surface area (Å²) in [6.45, 7) is 0. The molecule has 0 saturated carbocycles. The zero-order chi connectivity index (χ0) is 16.3. The average molecular weight is 431 g/mol. The van der Waals surface area contributed by atoms with Crippen molar-refractivity contribution in [2.45, 2.75) is 5.92 Å². The summed E-state index contributed by atoms with van der Waals surface area (Å²) >= 11 is 6.53. The third-order valence-corrected chi connectivity index (χ3v) is 4.51. The number of hydrogen-bond donors (Lipinski definition) is 3. The van der Waals surface area contributed by atoms with Crippen LogP contribution < -0.4 is 5.32 Å². The topological polar surface area (TPSA) is 86.6 Å². The predicted octanol–water partition coefficient (Wildman–Crippen LogP) is 2.84. The Labute approximate surface area is 144 Å². The number of rotatable bonds is 5. The van der Waals surface area contributed by atoms with E-state index in [0.717, 1.165) is 0 Å². The van der Waals surface area contributed by atoms with Gasteiger partial charge in [-0.05, 0) is 5.56 Å². The van der Waals surface area contributed by atoms with E-state index in [2.05, 4.69) is 37.2 Å². The Hall–Kier alpha value is -1.60. The van der Waals surface area contributed by atoms with Gasteiger partial charge in [-0.1, -0.05) is 62.2 Å². The van der Waals surface area contributed by atoms with Crippen LogP contribution in [0.25, 0.3) is 0 Å². The Morgan fingerprint density at radius 2 is 1.41 bits per heavy atom. The average Bonchev–Trinajstić information content (AvgIpc) is 2.53. The number of dihydropyridines is 1. The first kappa shape index (κ1) is 16.8. The second-order valence-electron chi connectivity index (χ2n) is 4.63. The van der Waals surface area contributed by atoms with Crippen LogP contribution in [-0.4, -0.2) is 32.8 Å². The lowest BCUT2D eigenvalue weighted by molar-refractivity contribution is -0.133. The maximum absolute atomic E-state index is 11.7. The molecule has 0 saturated heterocycles. The molecule has 0 aliphatic carbocycles. The van der Waals surface area contributed by atoms with Gasteiger partial charge in [-0.3, -0.25) is 0 Å². The van der Waals surface area contributed by atoms with Gasteiger partial charge in [0.2, 0.25) is 0 Å². The molecule has 0 aromatic heterocycles. The molecular formula is C15H13Br2NO4. The van der Waals surface area contributed by atoms with Gasteiger partial charge < -0.3 is 15.5 Å². The normalized spacial score (nSPS) is 15.7. The number of nitrogens with one attached hydrogen (secondary N) is 1. The Kier molecular flexibility index (Phi) is 5.42. The largest absolute Gasteiger partial charge is 0.478 e. The molecule has 0 amide bonds. The highest BCUT2D eigenvalue weighted by atomic mass is 79.9. The summed E-state index contributed by atoms with van der Waals surface area (Å²) in [7, 11) is 0. The van der Waals surface area contributed by atoms with Crippen molar-refractivity contribution in [1.29, 1.82) is 0 Å². The lowest BCUT2D eigenvalue weighted by Crippen LogP contribution is -2.33. The van der Waals surface area contributed by atoms with E-state index in [1.165, 1.54) is 0 Å². The summed E-state index contributed by atoms with van der Waals surface area (Å²) in [6.07, 6.45) is 0. The fourth-order valence-corrected chi connectivity index (χ4v) is 3.39. The molecule has 3 N–H and O–H groups in total. The molecule has 7 heteroatoms. The molecule has 1 aliphatic heterocycles. The molecule has 1 heterocycles. The van der Waals surface area contributed by atoms with E-state index >= 15 is 0 Å². The quantitative estimate of drug-likeness (QED) is 0.625. The zero-order valence-corrected chi connectivity index (χ0v) is 14.5. The summed E-state index contributed by atoms with van der Waals surface area (Å²) in [5.74, 6) is -3.09. The number of alkyl halides is 2. The van der Waals surface area contributed by atoms with E-state index < -0.39 is 17.9 Å². The van der Waals surface area contributed by atoms with Crippen LogP contribution in [0.15, 0.2) is 52.9 Å². The van der Waals surface area contributed by atoms with E-state index in [1.807, 2.05) is 0 Å². The Morgan fingerprint density at radius 3 is 1.77 bits per heavy atom. The molecule has 1 aromatic carbocycles. The van der Waals surface area contributed by atoms with Crippen LogP contribution in [0.3, 0.4) is 0 Å². The lowest BCUT2D eigenvalue weighted by Gasteiger charge is -2.30. The number of carboxylic acid groups (broad SMARTS) is 2. The molecule has 1 aliphatic rings. The van der Waals surface area contributed by atoms with Crippen LogP contribution in [0.2, 0.25) is 0 Å². The maximum Gasteiger partial charge on any atom is 0.334 e. The van der Waals surface area contributed by atoms with Crippen molar-refractivity contribution >= 4 is 43.8 Å². The van der Waals surface area contributed by atoms with E-state index in [0.29, 0.717) is 27.6 Å². The Balaban J connectivity index is 2.73. The van der Waals surface area contributed by atoms with Crippen molar-refractivity contribution in [2.24, 2.45) is 0 Å². The fourth-order valence-electron chi connectivity index (χ4n) is 2.50. The minimum absolute atomic E-state index is 0.0465. The minimum atomic E-state index is -1.14. The summed E-state index contributed by atoms with van der Waals surface area (Å²) in [5.41, 5.74) is 1.65. The van der Waals surface area contributed by atoms with Gasteiger partial charge in [-0.25, -0.2) is 9.59 Å². The van der Waals surface area contributed by atoms with Crippen molar-refractivity contribution in [3.63, 3.8) is 0 Å². The number of allylic oxidation sites excluding steroid dienone is 2.